The van der Waals surface area contributed by atoms with Crippen LogP contribution in [0, 0.1) is 6.92 Å². The molecule has 3 aliphatic rings. The molecular formula is C26H34N8OS. The number of anilines is 1. The molecule has 4 N–H and O–H groups in total. The molecule has 0 radical (unpaired) electrons. The number of rotatable bonds is 3. The third-order valence-corrected chi connectivity index (χ3v) is 9.34. The molecule has 2 saturated carbocycles. The molecule has 2 aliphatic carbocycles. The molecule has 2 fully saturated rings. The Kier molecular flexibility index (Phi) is 5.66. The second kappa shape index (κ2) is 8.76. The molecule has 10 heteroatoms. The average molecular weight is 507 g/mol. The van der Waals surface area contributed by atoms with Gasteiger partial charge in [-0.1, -0.05) is 37.0 Å². The molecule has 0 saturated heterocycles. The van der Waals surface area contributed by atoms with Crippen LogP contribution in [0.5, 0.6) is 0 Å². The molecule has 9 nitrogen and oxygen atoms in total. The molecule has 1 spiro atoms. The second-order valence-corrected chi connectivity index (χ2v) is 11.4. The summed E-state index contributed by atoms with van der Waals surface area (Å²) in [5, 5.41) is 0. The van der Waals surface area contributed by atoms with Gasteiger partial charge in [-0.3, -0.25) is 14.1 Å². The van der Waals surface area contributed by atoms with Crippen molar-refractivity contribution in [1.29, 1.82) is 0 Å². The number of nitrogens with zero attached hydrogens (tertiary/aromatic N) is 6. The van der Waals surface area contributed by atoms with Gasteiger partial charge in [0.15, 0.2) is 4.96 Å². The number of fused-ring (bicyclic) bond motifs is 3. The lowest BCUT2D eigenvalue weighted by molar-refractivity contribution is 0.0700. The highest BCUT2D eigenvalue weighted by Crippen LogP contribution is 2.40. The molecule has 1 amide bonds. The number of aromatic nitrogens is 2. The van der Waals surface area contributed by atoms with E-state index in [0.717, 1.165) is 70.8 Å². The van der Waals surface area contributed by atoms with E-state index < -0.39 is 5.66 Å². The minimum atomic E-state index is -0.501. The number of guanidine groups is 2. The Hall–Kier alpha value is -3.14. The summed E-state index contributed by atoms with van der Waals surface area (Å²) in [6.07, 6.45) is 10.9. The van der Waals surface area contributed by atoms with Gasteiger partial charge in [0.25, 0.3) is 5.91 Å². The molecular weight excluding hydrogens is 472 g/mol. The van der Waals surface area contributed by atoms with Crippen molar-refractivity contribution in [3.8, 4) is 0 Å². The third-order valence-electron chi connectivity index (χ3n) is 8.21. The van der Waals surface area contributed by atoms with Crippen LogP contribution in [0.25, 0.3) is 16.0 Å². The van der Waals surface area contributed by atoms with Crippen molar-refractivity contribution >= 4 is 50.8 Å². The SMILES string of the molecule is Cc1c(C(=O)N(C)C2CCCCC2)sc2nc3ccc(N4C(N)=NC(N)=NC45CCCCC5)cc3n12. The smallest absolute Gasteiger partial charge is 0.265 e. The van der Waals surface area contributed by atoms with Crippen molar-refractivity contribution in [2.45, 2.75) is 82.8 Å². The number of aliphatic imine (C=N–C) groups is 2. The van der Waals surface area contributed by atoms with E-state index in [0.29, 0.717) is 12.0 Å². The maximum absolute atomic E-state index is 13.5. The Morgan fingerprint density at radius 2 is 1.83 bits per heavy atom. The van der Waals surface area contributed by atoms with E-state index in [9.17, 15) is 4.79 Å². The van der Waals surface area contributed by atoms with Crippen molar-refractivity contribution in [2.24, 2.45) is 21.5 Å². The van der Waals surface area contributed by atoms with Crippen LogP contribution in [0.15, 0.2) is 28.2 Å². The van der Waals surface area contributed by atoms with Crippen LogP contribution in [-0.4, -0.2) is 50.9 Å². The van der Waals surface area contributed by atoms with Gasteiger partial charge in [0.05, 0.1) is 11.0 Å². The number of carbonyl (C=O) groups is 1. The Balaban J connectivity index is 1.41. The van der Waals surface area contributed by atoms with E-state index >= 15 is 0 Å². The Morgan fingerprint density at radius 3 is 2.58 bits per heavy atom. The van der Waals surface area contributed by atoms with Crippen molar-refractivity contribution in [3.05, 3.63) is 28.8 Å². The monoisotopic (exact) mass is 506 g/mol. The number of hydrogen-bond acceptors (Lipinski definition) is 8. The van der Waals surface area contributed by atoms with Gasteiger partial charge in [-0.2, -0.15) is 4.99 Å². The summed E-state index contributed by atoms with van der Waals surface area (Å²) in [5.41, 5.74) is 15.7. The maximum Gasteiger partial charge on any atom is 0.265 e. The minimum Gasteiger partial charge on any atom is -0.369 e. The van der Waals surface area contributed by atoms with E-state index in [1.807, 2.05) is 35.9 Å². The third kappa shape index (κ3) is 3.65. The van der Waals surface area contributed by atoms with Crippen molar-refractivity contribution in [3.63, 3.8) is 0 Å². The number of carbonyl (C=O) groups excluding carboxylic acids is 1. The normalized spacial score (nSPS) is 20.7. The highest BCUT2D eigenvalue weighted by Gasteiger charge is 2.42. The number of aryl methyl sites for hydroxylation is 1. The molecule has 3 aromatic rings. The number of hydrogen-bond donors (Lipinski definition) is 2. The number of benzene rings is 1. The highest BCUT2D eigenvalue weighted by atomic mass is 32.1. The molecule has 0 unspecified atom stereocenters. The highest BCUT2D eigenvalue weighted by molar-refractivity contribution is 7.19. The van der Waals surface area contributed by atoms with E-state index in [1.54, 1.807) is 0 Å². The molecule has 6 rings (SSSR count). The molecule has 3 heterocycles. The van der Waals surface area contributed by atoms with Gasteiger partial charge in [0.1, 0.15) is 10.5 Å². The van der Waals surface area contributed by atoms with Crippen LogP contribution in [0.3, 0.4) is 0 Å². The molecule has 36 heavy (non-hydrogen) atoms. The summed E-state index contributed by atoms with van der Waals surface area (Å²) in [5.74, 6) is 0.714. The zero-order valence-corrected chi connectivity index (χ0v) is 21.9. The van der Waals surface area contributed by atoms with Gasteiger partial charge >= 0.3 is 0 Å². The van der Waals surface area contributed by atoms with Crippen molar-refractivity contribution in [2.75, 3.05) is 11.9 Å². The van der Waals surface area contributed by atoms with Crippen LogP contribution in [-0.2, 0) is 0 Å². The molecule has 190 valence electrons. The number of thiazole rings is 1. The first kappa shape index (κ1) is 23.3. The lowest BCUT2D eigenvalue weighted by atomic mass is 9.87. The lowest BCUT2D eigenvalue weighted by Crippen LogP contribution is -2.58. The van der Waals surface area contributed by atoms with Crippen LogP contribution >= 0.6 is 11.3 Å². The van der Waals surface area contributed by atoms with Crippen LogP contribution in [0.2, 0.25) is 0 Å². The predicted molar refractivity (Wildman–Crippen MR) is 146 cm³/mol. The van der Waals surface area contributed by atoms with E-state index in [4.69, 9.17) is 21.4 Å². The summed E-state index contributed by atoms with van der Waals surface area (Å²) in [7, 11) is 1.95. The van der Waals surface area contributed by atoms with E-state index in [2.05, 4.69) is 15.5 Å². The summed E-state index contributed by atoms with van der Waals surface area (Å²) in [4.78, 5) is 33.0. The fraction of sp³-hybridized carbons (Fsp3) is 0.538. The summed E-state index contributed by atoms with van der Waals surface area (Å²) < 4.78 is 2.11. The molecule has 1 aliphatic heterocycles. The first-order chi connectivity index (χ1) is 17.4. The van der Waals surface area contributed by atoms with Gasteiger partial charge in [-0.15, -0.1) is 0 Å². The maximum atomic E-state index is 13.5. The van der Waals surface area contributed by atoms with Crippen molar-refractivity contribution in [1.82, 2.24) is 14.3 Å². The topological polar surface area (TPSA) is 118 Å². The minimum absolute atomic E-state index is 0.0950. The van der Waals surface area contributed by atoms with Crippen LogP contribution < -0.4 is 16.4 Å². The predicted octanol–water partition coefficient (Wildman–Crippen LogP) is 4.37. The van der Waals surface area contributed by atoms with Gasteiger partial charge in [-0.05, 0) is 63.6 Å². The fourth-order valence-electron chi connectivity index (χ4n) is 6.33. The van der Waals surface area contributed by atoms with Gasteiger partial charge < -0.3 is 16.4 Å². The number of nitrogens with two attached hydrogens (primary N) is 2. The van der Waals surface area contributed by atoms with Gasteiger partial charge in [0, 0.05) is 24.5 Å². The van der Waals surface area contributed by atoms with Gasteiger partial charge in [-0.25, -0.2) is 9.98 Å². The molecule has 2 aromatic heterocycles. The molecule has 0 atom stereocenters. The molecule has 1 aromatic carbocycles. The van der Waals surface area contributed by atoms with Crippen LogP contribution in [0.4, 0.5) is 5.69 Å². The Labute approximate surface area is 214 Å². The quantitative estimate of drug-likeness (QED) is 0.547. The fourth-order valence-corrected chi connectivity index (χ4v) is 7.45. The zero-order valence-electron chi connectivity index (χ0n) is 21.0. The van der Waals surface area contributed by atoms with E-state index in [1.165, 1.54) is 37.0 Å². The number of amides is 1. The number of imidazole rings is 1. The van der Waals surface area contributed by atoms with Gasteiger partial charge in [0.2, 0.25) is 11.9 Å². The van der Waals surface area contributed by atoms with Crippen LogP contribution in [0.1, 0.15) is 79.6 Å². The summed E-state index contributed by atoms with van der Waals surface area (Å²) in [6.45, 7) is 2.02. The summed E-state index contributed by atoms with van der Waals surface area (Å²) in [6, 6.07) is 6.48. The summed E-state index contributed by atoms with van der Waals surface area (Å²) >= 11 is 1.47. The largest absolute Gasteiger partial charge is 0.369 e. The van der Waals surface area contributed by atoms with E-state index in [-0.39, 0.29) is 11.9 Å². The average Bonchev–Trinajstić information content (AvgIpc) is 3.39. The standard InChI is InChI=1S/C26H34N8OS/c1-16-21(22(35)32(2)17-9-5-3-6-10-17)36-25-29-19-12-11-18(15-20(19)33(16)25)34-24(28)30-23(27)31-26(34)13-7-4-8-14-26/h11-12,15,17H,3-10,13-14H2,1-2H3,(H4,27,28,30,31). The van der Waals surface area contributed by atoms with Crippen molar-refractivity contribution < 1.29 is 4.79 Å². The first-order valence-electron chi connectivity index (χ1n) is 13.1. The molecule has 0 bridgehead atoms. The second-order valence-electron chi connectivity index (χ2n) is 10.4. The Morgan fingerprint density at radius 1 is 1.11 bits per heavy atom. The lowest BCUT2D eigenvalue weighted by Gasteiger charge is -2.45. The zero-order chi connectivity index (χ0) is 25.0. The first-order valence-corrected chi connectivity index (χ1v) is 13.9. The Bertz CT molecular complexity index is 1390.